The summed E-state index contributed by atoms with van der Waals surface area (Å²) >= 11 is 0. The number of rotatable bonds is 5. The van der Waals surface area contributed by atoms with Gasteiger partial charge in [0, 0.05) is 32.7 Å². The quantitative estimate of drug-likeness (QED) is 0.823. The van der Waals surface area contributed by atoms with Crippen LogP contribution in [0, 0.1) is 6.92 Å². The van der Waals surface area contributed by atoms with E-state index in [0.717, 1.165) is 38.3 Å². The lowest BCUT2D eigenvalue weighted by Gasteiger charge is -2.28. The molecule has 0 unspecified atom stereocenters. The van der Waals surface area contributed by atoms with Gasteiger partial charge < -0.3 is 14.5 Å². The van der Waals surface area contributed by atoms with Gasteiger partial charge in [0.25, 0.3) is 5.91 Å². The average Bonchev–Trinajstić information content (AvgIpc) is 2.52. The molecule has 0 spiro atoms. The number of unbranched alkanes of at least 4 members (excludes halogenated alkanes) is 1. The minimum atomic E-state index is -0.0385. The number of amides is 1. The summed E-state index contributed by atoms with van der Waals surface area (Å²) in [7, 11) is 1.82. The van der Waals surface area contributed by atoms with Crippen molar-refractivity contribution < 1.29 is 9.53 Å². The number of aromatic nitrogens is 2. The molecule has 1 aromatic heterocycles. The highest BCUT2D eigenvalue weighted by Gasteiger charge is 2.18. The first-order valence-corrected chi connectivity index (χ1v) is 7.55. The third kappa shape index (κ3) is 4.14. The van der Waals surface area contributed by atoms with Crippen molar-refractivity contribution in [2.24, 2.45) is 0 Å². The number of ether oxygens (including phenoxy) is 1. The van der Waals surface area contributed by atoms with E-state index < -0.39 is 0 Å². The van der Waals surface area contributed by atoms with E-state index in [-0.39, 0.29) is 5.91 Å². The maximum absolute atomic E-state index is 12.4. The van der Waals surface area contributed by atoms with Crippen LogP contribution in [0.15, 0.2) is 6.07 Å². The normalized spacial score (nSPS) is 15.1. The fourth-order valence-corrected chi connectivity index (χ4v) is 2.31. The number of aryl methyl sites for hydroxylation is 1. The molecule has 0 saturated carbocycles. The summed E-state index contributed by atoms with van der Waals surface area (Å²) in [6.07, 6.45) is 2.07. The van der Waals surface area contributed by atoms with Crippen LogP contribution >= 0.6 is 0 Å². The standard InChI is InChI=1S/C15H24N4O2/c1-4-5-6-18(3)15(20)13-11-14(17-12(2)16-13)19-7-9-21-10-8-19/h11H,4-10H2,1-3H3. The molecule has 0 aliphatic carbocycles. The molecular weight excluding hydrogens is 268 g/mol. The fourth-order valence-electron chi connectivity index (χ4n) is 2.31. The number of hydrogen-bond donors (Lipinski definition) is 0. The van der Waals surface area contributed by atoms with Crippen LogP contribution in [0.1, 0.15) is 36.1 Å². The van der Waals surface area contributed by atoms with Gasteiger partial charge in [-0.15, -0.1) is 0 Å². The average molecular weight is 292 g/mol. The number of hydrogen-bond acceptors (Lipinski definition) is 5. The number of morpholine rings is 1. The van der Waals surface area contributed by atoms with Crippen molar-refractivity contribution in [3.05, 3.63) is 17.6 Å². The molecule has 21 heavy (non-hydrogen) atoms. The van der Waals surface area contributed by atoms with Crippen molar-refractivity contribution >= 4 is 11.7 Å². The largest absolute Gasteiger partial charge is 0.378 e. The number of carbonyl (C=O) groups excluding carboxylic acids is 1. The Morgan fingerprint density at radius 3 is 2.76 bits per heavy atom. The van der Waals surface area contributed by atoms with E-state index in [1.165, 1.54) is 0 Å². The Labute approximate surface area is 126 Å². The van der Waals surface area contributed by atoms with E-state index in [1.54, 1.807) is 11.0 Å². The third-order valence-electron chi connectivity index (χ3n) is 3.57. The molecule has 2 rings (SSSR count). The van der Waals surface area contributed by atoms with Crippen LogP contribution in [0.2, 0.25) is 0 Å². The van der Waals surface area contributed by atoms with Crippen molar-refractivity contribution in [2.45, 2.75) is 26.7 Å². The maximum atomic E-state index is 12.4. The zero-order valence-corrected chi connectivity index (χ0v) is 13.1. The summed E-state index contributed by atoms with van der Waals surface area (Å²) in [5, 5.41) is 0. The van der Waals surface area contributed by atoms with Crippen molar-refractivity contribution in [3.63, 3.8) is 0 Å². The van der Waals surface area contributed by atoms with E-state index in [4.69, 9.17) is 4.74 Å². The Morgan fingerprint density at radius 2 is 2.10 bits per heavy atom. The first-order valence-electron chi connectivity index (χ1n) is 7.55. The van der Waals surface area contributed by atoms with Crippen molar-refractivity contribution in [1.82, 2.24) is 14.9 Å². The molecule has 116 valence electrons. The molecule has 1 aromatic rings. The molecule has 0 N–H and O–H groups in total. The van der Waals surface area contributed by atoms with Crippen LogP contribution in [0.3, 0.4) is 0 Å². The van der Waals surface area contributed by atoms with E-state index in [1.807, 2.05) is 14.0 Å². The second-order valence-corrected chi connectivity index (χ2v) is 5.34. The van der Waals surface area contributed by atoms with E-state index in [9.17, 15) is 4.79 Å². The second kappa shape index (κ2) is 7.36. The molecule has 0 aromatic carbocycles. The number of nitrogens with zero attached hydrogens (tertiary/aromatic N) is 4. The fraction of sp³-hybridized carbons (Fsp3) is 0.667. The molecule has 2 heterocycles. The Balaban J connectivity index is 2.15. The van der Waals surface area contributed by atoms with Gasteiger partial charge in [0.15, 0.2) is 0 Å². The second-order valence-electron chi connectivity index (χ2n) is 5.34. The molecule has 0 radical (unpaired) electrons. The van der Waals surface area contributed by atoms with Gasteiger partial charge in [-0.1, -0.05) is 13.3 Å². The summed E-state index contributed by atoms with van der Waals surface area (Å²) in [5.74, 6) is 1.41. The Kier molecular flexibility index (Phi) is 5.50. The van der Waals surface area contributed by atoms with Crippen LogP contribution in [0.5, 0.6) is 0 Å². The van der Waals surface area contributed by atoms with Crippen molar-refractivity contribution in [2.75, 3.05) is 44.8 Å². The predicted molar refractivity (Wildman–Crippen MR) is 81.7 cm³/mol. The van der Waals surface area contributed by atoms with Gasteiger partial charge in [-0.2, -0.15) is 0 Å². The summed E-state index contributed by atoms with van der Waals surface area (Å²) in [5.41, 5.74) is 0.475. The van der Waals surface area contributed by atoms with Gasteiger partial charge in [-0.25, -0.2) is 9.97 Å². The van der Waals surface area contributed by atoms with Crippen molar-refractivity contribution in [1.29, 1.82) is 0 Å². The van der Waals surface area contributed by atoms with E-state index in [2.05, 4.69) is 21.8 Å². The van der Waals surface area contributed by atoms with Crippen LogP contribution in [0.25, 0.3) is 0 Å². The number of anilines is 1. The zero-order valence-electron chi connectivity index (χ0n) is 13.1. The molecule has 0 atom stereocenters. The van der Waals surface area contributed by atoms with Gasteiger partial charge in [0.2, 0.25) is 0 Å². The Bertz CT molecular complexity index is 487. The van der Waals surface area contributed by atoms with E-state index >= 15 is 0 Å². The summed E-state index contributed by atoms with van der Waals surface area (Å²) in [4.78, 5) is 25.0. The molecule has 0 bridgehead atoms. The van der Waals surface area contributed by atoms with Crippen LogP contribution < -0.4 is 4.90 Å². The highest BCUT2D eigenvalue weighted by Crippen LogP contribution is 2.15. The highest BCUT2D eigenvalue weighted by atomic mass is 16.5. The molecule has 1 aliphatic heterocycles. The zero-order chi connectivity index (χ0) is 15.2. The van der Waals surface area contributed by atoms with Crippen LogP contribution in [0.4, 0.5) is 5.82 Å². The van der Waals surface area contributed by atoms with Gasteiger partial charge in [-0.3, -0.25) is 4.79 Å². The monoisotopic (exact) mass is 292 g/mol. The molecule has 6 heteroatoms. The van der Waals surface area contributed by atoms with E-state index in [0.29, 0.717) is 24.7 Å². The van der Waals surface area contributed by atoms with Gasteiger partial charge in [0.05, 0.1) is 13.2 Å². The molecular formula is C15H24N4O2. The topological polar surface area (TPSA) is 58.6 Å². The minimum absolute atomic E-state index is 0.0385. The predicted octanol–water partition coefficient (Wildman–Crippen LogP) is 1.49. The maximum Gasteiger partial charge on any atom is 0.272 e. The molecule has 6 nitrogen and oxygen atoms in total. The third-order valence-corrected chi connectivity index (χ3v) is 3.57. The van der Waals surface area contributed by atoms with Crippen molar-refractivity contribution in [3.8, 4) is 0 Å². The molecule has 1 aliphatic rings. The number of carbonyl (C=O) groups is 1. The molecule has 1 amide bonds. The molecule has 1 saturated heterocycles. The lowest BCUT2D eigenvalue weighted by Crippen LogP contribution is -2.37. The summed E-state index contributed by atoms with van der Waals surface area (Å²) < 4.78 is 5.35. The van der Waals surface area contributed by atoms with Gasteiger partial charge in [-0.05, 0) is 13.3 Å². The van der Waals surface area contributed by atoms with Crippen LogP contribution in [-0.4, -0.2) is 60.7 Å². The van der Waals surface area contributed by atoms with Crippen LogP contribution in [-0.2, 0) is 4.74 Å². The Hall–Kier alpha value is -1.69. The lowest BCUT2D eigenvalue weighted by atomic mass is 10.2. The minimum Gasteiger partial charge on any atom is -0.378 e. The smallest absolute Gasteiger partial charge is 0.272 e. The SMILES string of the molecule is CCCCN(C)C(=O)c1cc(N2CCOCC2)nc(C)n1. The lowest BCUT2D eigenvalue weighted by molar-refractivity contribution is 0.0787. The first-order chi connectivity index (χ1) is 10.1. The molecule has 1 fully saturated rings. The summed E-state index contributed by atoms with van der Waals surface area (Å²) in [6.45, 7) is 7.69. The Morgan fingerprint density at radius 1 is 1.38 bits per heavy atom. The summed E-state index contributed by atoms with van der Waals surface area (Å²) in [6, 6.07) is 1.79. The van der Waals surface area contributed by atoms with Gasteiger partial charge >= 0.3 is 0 Å². The first kappa shape index (κ1) is 15.7. The highest BCUT2D eigenvalue weighted by molar-refractivity contribution is 5.92. The van der Waals surface area contributed by atoms with Gasteiger partial charge in [0.1, 0.15) is 17.3 Å².